The van der Waals surface area contributed by atoms with Crippen LogP contribution in [0.4, 0.5) is 0 Å². The number of aliphatic hydroxyl groups is 2. The third kappa shape index (κ3) is 5.72. The zero-order chi connectivity index (χ0) is 26.8. The first kappa shape index (κ1) is 26.7. The summed E-state index contributed by atoms with van der Waals surface area (Å²) >= 11 is 0. The molecule has 7 nitrogen and oxygen atoms in total. The molecular weight excluding hydrogens is 496 g/mol. The van der Waals surface area contributed by atoms with Crippen molar-refractivity contribution in [1.29, 1.82) is 0 Å². The maximum atomic E-state index is 11.8. The zero-order valence-corrected chi connectivity index (χ0v) is 22.9. The van der Waals surface area contributed by atoms with Crippen molar-refractivity contribution in [1.82, 2.24) is 0 Å². The van der Waals surface area contributed by atoms with Crippen molar-refractivity contribution in [3.05, 3.63) is 47.5 Å². The van der Waals surface area contributed by atoms with Crippen molar-refractivity contribution in [2.75, 3.05) is 20.3 Å². The summed E-state index contributed by atoms with van der Waals surface area (Å²) in [6, 6.07) is 11.5. The Morgan fingerprint density at radius 3 is 2.00 bits per heavy atom. The summed E-state index contributed by atoms with van der Waals surface area (Å²) in [7, 11) is 1.69. The van der Waals surface area contributed by atoms with E-state index in [1.807, 2.05) is 36.4 Å². The van der Waals surface area contributed by atoms with Gasteiger partial charge >= 0.3 is 0 Å². The molecule has 2 aromatic carbocycles. The maximum Gasteiger partial charge on any atom is 0.125 e. The van der Waals surface area contributed by atoms with Gasteiger partial charge in [-0.15, -0.1) is 0 Å². The van der Waals surface area contributed by atoms with E-state index in [1.165, 1.54) is 25.7 Å². The lowest BCUT2D eigenvalue weighted by molar-refractivity contribution is -0.0888. The quantitative estimate of drug-likeness (QED) is 0.384. The van der Waals surface area contributed by atoms with Crippen LogP contribution in [0.5, 0.6) is 23.0 Å². The summed E-state index contributed by atoms with van der Waals surface area (Å²) in [6.07, 6.45) is 9.10. The van der Waals surface area contributed by atoms with Crippen LogP contribution in [0, 0.1) is 11.8 Å². The van der Waals surface area contributed by atoms with Crippen molar-refractivity contribution in [2.24, 2.45) is 11.8 Å². The van der Waals surface area contributed by atoms with Gasteiger partial charge in [0.25, 0.3) is 0 Å². The molecule has 2 aromatic rings. The predicted molar refractivity (Wildman–Crippen MR) is 147 cm³/mol. The van der Waals surface area contributed by atoms with Crippen LogP contribution in [0.25, 0.3) is 0 Å². The van der Waals surface area contributed by atoms with Crippen LogP contribution in [0.3, 0.4) is 0 Å². The summed E-state index contributed by atoms with van der Waals surface area (Å²) in [5, 5.41) is 23.5. The number of hydrogen-bond acceptors (Lipinski definition) is 7. The highest BCUT2D eigenvalue weighted by molar-refractivity contribution is 5.46. The molecule has 0 unspecified atom stereocenters. The van der Waals surface area contributed by atoms with E-state index in [9.17, 15) is 10.2 Å². The summed E-state index contributed by atoms with van der Waals surface area (Å²) < 4.78 is 30.5. The van der Waals surface area contributed by atoms with Crippen LogP contribution in [0.1, 0.15) is 87.5 Å². The molecular formula is C32H42O7. The minimum Gasteiger partial charge on any atom is -0.493 e. The van der Waals surface area contributed by atoms with Crippen LogP contribution in [0.15, 0.2) is 36.4 Å². The zero-order valence-electron chi connectivity index (χ0n) is 22.9. The molecule has 2 saturated carbocycles. The van der Waals surface area contributed by atoms with E-state index in [2.05, 4.69) is 0 Å². The number of ether oxygens (including phenoxy) is 5. The van der Waals surface area contributed by atoms with Gasteiger partial charge in [-0.05, 0) is 101 Å². The number of fused-ring (bicyclic) bond motifs is 2. The summed E-state index contributed by atoms with van der Waals surface area (Å²) in [4.78, 5) is 0. The Morgan fingerprint density at radius 1 is 0.795 bits per heavy atom. The Balaban J connectivity index is 1.26. The van der Waals surface area contributed by atoms with Crippen molar-refractivity contribution >= 4 is 0 Å². The molecule has 2 aliphatic carbocycles. The van der Waals surface area contributed by atoms with Gasteiger partial charge in [-0.1, -0.05) is 0 Å². The van der Waals surface area contributed by atoms with E-state index in [-0.39, 0.29) is 30.1 Å². The third-order valence-corrected chi connectivity index (χ3v) is 9.05. The Labute approximate surface area is 231 Å². The molecule has 2 fully saturated rings. The van der Waals surface area contributed by atoms with Crippen LogP contribution >= 0.6 is 0 Å². The molecule has 6 rings (SSSR count). The molecule has 212 valence electrons. The molecule has 5 atom stereocenters. The Morgan fingerprint density at radius 2 is 1.38 bits per heavy atom. The van der Waals surface area contributed by atoms with Gasteiger partial charge < -0.3 is 33.9 Å². The first-order valence-electron chi connectivity index (χ1n) is 14.9. The number of hydrogen-bond donors (Lipinski definition) is 2. The Hall–Kier alpha value is -2.48. The number of aliphatic hydroxyl groups excluding tert-OH is 2. The molecule has 0 radical (unpaired) electrons. The van der Waals surface area contributed by atoms with Crippen LogP contribution in [0.2, 0.25) is 0 Å². The fourth-order valence-electron chi connectivity index (χ4n) is 6.97. The van der Waals surface area contributed by atoms with E-state index >= 15 is 0 Å². The first-order valence-corrected chi connectivity index (χ1v) is 14.9. The molecule has 2 N–H and O–H groups in total. The molecule has 0 bridgehead atoms. The summed E-state index contributed by atoms with van der Waals surface area (Å²) in [6.45, 7) is 0.911. The average molecular weight is 539 g/mol. The van der Waals surface area contributed by atoms with Gasteiger partial charge in [0.05, 0.1) is 31.0 Å². The fraction of sp³-hybridized carbons (Fsp3) is 0.625. The lowest BCUT2D eigenvalue weighted by atomic mass is 9.73. The van der Waals surface area contributed by atoms with Gasteiger partial charge in [-0.3, -0.25) is 0 Å². The smallest absolute Gasteiger partial charge is 0.125 e. The summed E-state index contributed by atoms with van der Waals surface area (Å²) in [5.74, 6) is 2.17. The largest absolute Gasteiger partial charge is 0.493 e. The second-order valence-corrected chi connectivity index (χ2v) is 11.7. The van der Waals surface area contributed by atoms with Gasteiger partial charge in [0.15, 0.2) is 0 Å². The third-order valence-electron chi connectivity index (χ3n) is 9.05. The van der Waals surface area contributed by atoms with Gasteiger partial charge in [-0.25, -0.2) is 0 Å². The van der Waals surface area contributed by atoms with Gasteiger partial charge in [-0.2, -0.15) is 0 Å². The summed E-state index contributed by atoms with van der Waals surface area (Å²) in [5.41, 5.74) is 1.43. The van der Waals surface area contributed by atoms with Crippen molar-refractivity contribution in [3.8, 4) is 23.0 Å². The molecule has 4 aliphatic rings. The highest BCUT2D eigenvalue weighted by Crippen LogP contribution is 2.50. The number of methoxy groups -OCH3 is 1. The first-order chi connectivity index (χ1) is 19.1. The minimum absolute atomic E-state index is 0.230. The van der Waals surface area contributed by atoms with Crippen molar-refractivity contribution in [3.63, 3.8) is 0 Å². The topological polar surface area (TPSA) is 86.6 Å². The van der Waals surface area contributed by atoms with Crippen molar-refractivity contribution in [2.45, 2.75) is 94.7 Å². The molecule has 0 saturated heterocycles. The van der Waals surface area contributed by atoms with Gasteiger partial charge in [0.1, 0.15) is 29.1 Å². The second kappa shape index (κ2) is 11.9. The van der Waals surface area contributed by atoms with Gasteiger partial charge in [0.2, 0.25) is 0 Å². The maximum absolute atomic E-state index is 11.8. The van der Waals surface area contributed by atoms with Crippen LogP contribution < -0.4 is 18.9 Å². The Bertz CT molecular complexity index is 1110. The minimum atomic E-state index is -0.823. The molecule has 39 heavy (non-hydrogen) atoms. The second-order valence-electron chi connectivity index (χ2n) is 11.7. The van der Waals surface area contributed by atoms with Gasteiger partial charge in [0, 0.05) is 36.7 Å². The average Bonchev–Trinajstić information content (AvgIpc) is 3.65. The van der Waals surface area contributed by atoms with Crippen LogP contribution in [-0.4, -0.2) is 48.8 Å². The van der Waals surface area contributed by atoms with E-state index in [0.29, 0.717) is 36.7 Å². The molecule has 7 heteroatoms. The normalized spacial score (nSPS) is 28.8. The lowest BCUT2D eigenvalue weighted by Crippen LogP contribution is -2.46. The van der Waals surface area contributed by atoms with Crippen molar-refractivity contribution < 1.29 is 33.9 Å². The predicted octanol–water partition coefficient (Wildman–Crippen LogP) is 5.91. The number of rotatable bonds is 9. The molecule has 2 heterocycles. The molecule has 0 aromatic heterocycles. The number of benzene rings is 2. The molecule has 2 aliphatic heterocycles. The van der Waals surface area contributed by atoms with E-state index in [0.717, 1.165) is 49.2 Å². The van der Waals surface area contributed by atoms with E-state index < -0.39 is 12.2 Å². The lowest BCUT2D eigenvalue weighted by Gasteiger charge is -2.44. The standard InChI is InChI=1S/C32H42O7/c1-35-16-6-11-29-30(32(34)25-18-23(13-15-28(25)39-29)38-21-9-4-5-10-21)26-19-36-27-14-12-22(17-24(27)31(26)33)37-20-7-2-3-8-20/h12-15,17-18,20-21,26,29-34H,2-11,16,19H2,1H3/t26-,29-,30-,31-,32+/m1/s1. The molecule has 0 spiro atoms. The Kier molecular flexibility index (Phi) is 8.19. The highest BCUT2D eigenvalue weighted by atomic mass is 16.5. The fourth-order valence-corrected chi connectivity index (χ4v) is 6.97. The van der Waals surface area contributed by atoms with Crippen LogP contribution in [-0.2, 0) is 4.74 Å². The van der Waals surface area contributed by atoms with E-state index in [1.54, 1.807) is 7.11 Å². The molecule has 0 amide bonds. The SMILES string of the molecule is COCCC[C@H]1Oc2ccc(OC3CCCC3)cc2[C@H](O)[C@@H]1[C@H]1COc2ccc(OC3CCCC3)cc2[C@H]1O. The van der Waals surface area contributed by atoms with E-state index in [4.69, 9.17) is 23.7 Å². The highest BCUT2D eigenvalue weighted by Gasteiger charge is 2.47. The monoisotopic (exact) mass is 538 g/mol.